The second-order valence-corrected chi connectivity index (χ2v) is 3.29. The minimum Gasteiger partial charge on any atom is -0.313 e. The van der Waals surface area contributed by atoms with Crippen molar-refractivity contribution in [2.45, 2.75) is 46.5 Å². The van der Waals surface area contributed by atoms with Gasteiger partial charge in [-0.15, -0.1) is 0 Å². The molecule has 0 radical (unpaired) electrons. The van der Waals surface area contributed by atoms with Crippen LogP contribution in [0.2, 0.25) is 0 Å². The van der Waals surface area contributed by atoms with Gasteiger partial charge in [-0.25, -0.2) is 0 Å². The van der Waals surface area contributed by atoms with Crippen LogP contribution in [0.3, 0.4) is 0 Å². The molecule has 0 atom stereocenters. The van der Waals surface area contributed by atoms with Gasteiger partial charge in [0.15, 0.2) is 0 Å². The van der Waals surface area contributed by atoms with E-state index in [1.165, 1.54) is 31.3 Å². The van der Waals surface area contributed by atoms with Crippen LogP contribution in [-0.2, 0) is 0 Å². The van der Waals surface area contributed by atoms with Crippen molar-refractivity contribution >= 4 is 0 Å². The predicted octanol–water partition coefficient (Wildman–Crippen LogP) is 3.68. The minimum atomic E-state index is 1.05. The lowest BCUT2D eigenvalue weighted by Crippen LogP contribution is -2.18. The molecule has 1 rings (SSSR count). The van der Waals surface area contributed by atoms with E-state index in [9.17, 15) is 0 Å². The summed E-state index contributed by atoms with van der Waals surface area (Å²) in [5.74, 6) is 0. The fourth-order valence-corrected chi connectivity index (χ4v) is 1.33. The Morgan fingerprint density at radius 2 is 2.07 bits per heavy atom. The Bertz CT molecular complexity index is 168. The molecule has 82 valence electrons. The van der Waals surface area contributed by atoms with E-state index >= 15 is 0 Å². The Hall–Kier alpha value is -0.560. The van der Waals surface area contributed by atoms with Crippen LogP contribution >= 0.6 is 0 Å². The molecule has 0 aromatic rings. The van der Waals surface area contributed by atoms with E-state index in [2.05, 4.69) is 30.5 Å². The molecule has 0 aliphatic heterocycles. The van der Waals surface area contributed by atoms with Gasteiger partial charge in [0.2, 0.25) is 0 Å². The van der Waals surface area contributed by atoms with E-state index < -0.39 is 0 Å². The molecular weight excluding hydrogens is 170 g/mol. The molecule has 0 spiro atoms. The summed E-state index contributed by atoms with van der Waals surface area (Å²) in [6, 6.07) is 0. The van der Waals surface area contributed by atoms with Crippen LogP contribution in [0.15, 0.2) is 23.8 Å². The van der Waals surface area contributed by atoms with Gasteiger partial charge in [0, 0.05) is 6.54 Å². The van der Waals surface area contributed by atoms with E-state index in [1.54, 1.807) is 0 Å². The SMILES string of the molecule is CC.CCCCNCC1=CCCC=C1. The van der Waals surface area contributed by atoms with E-state index in [-0.39, 0.29) is 0 Å². The summed E-state index contributed by atoms with van der Waals surface area (Å²) in [5.41, 5.74) is 1.46. The third-order valence-electron chi connectivity index (χ3n) is 2.11. The van der Waals surface area contributed by atoms with Crippen LogP contribution in [0.25, 0.3) is 0 Å². The third-order valence-corrected chi connectivity index (χ3v) is 2.11. The Labute approximate surface area is 89.3 Å². The molecule has 1 aliphatic carbocycles. The topological polar surface area (TPSA) is 12.0 Å². The Morgan fingerprint density at radius 1 is 1.29 bits per heavy atom. The summed E-state index contributed by atoms with van der Waals surface area (Å²) in [7, 11) is 0. The fourth-order valence-electron chi connectivity index (χ4n) is 1.33. The molecule has 0 unspecified atom stereocenters. The largest absolute Gasteiger partial charge is 0.313 e. The van der Waals surface area contributed by atoms with Crippen molar-refractivity contribution in [2.75, 3.05) is 13.1 Å². The van der Waals surface area contributed by atoms with Crippen molar-refractivity contribution in [2.24, 2.45) is 0 Å². The Morgan fingerprint density at radius 3 is 2.64 bits per heavy atom. The standard InChI is InChI=1S/C11H19N.C2H6/c1-2-3-9-12-10-11-7-5-4-6-8-11;1-2/h5,7-8,12H,2-4,6,9-10H2,1H3;1-2H3. The zero-order chi connectivity index (χ0) is 10.6. The highest BCUT2D eigenvalue weighted by atomic mass is 14.8. The van der Waals surface area contributed by atoms with Crippen molar-refractivity contribution < 1.29 is 0 Å². The van der Waals surface area contributed by atoms with Gasteiger partial charge in [0.05, 0.1) is 0 Å². The summed E-state index contributed by atoms with van der Waals surface area (Å²) in [6.45, 7) is 8.43. The van der Waals surface area contributed by atoms with Crippen LogP contribution in [-0.4, -0.2) is 13.1 Å². The molecular formula is C13H25N. The number of nitrogens with one attached hydrogen (secondary N) is 1. The lowest BCUT2D eigenvalue weighted by Gasteiger charge is -2.07. The van der Waals surface area contributed by atoms with Gasteiger partial charge in [-0.2, -0.15) is 0 Å². The summed E-state index contributed by atoms with van der Waals surface area (Å²) < 4.78 is 0. The van der Waals surface area contributed by atoms with Crippen molar-refractivity contribution in [1.82, 2.24) is 5.32 Å². The molecule has 1 aliphatic rings. The first-order valence-electron chi connectivity index (χ1n) is 5.99. The van der Waals surface area contributed by atoms with Gasteiger partial charge in [-0.1, -0.05) is 45.4 Å². The van der Waals surface area contributed by atoms with Crippen LogP contribution < -0.4 is 5.32 Å². The molecule has 1 heteroatoms. The summed E-state index contributed by atoms with van der Waals surface area (Å²) in [6.07, 6.45) is 11.8. The predicted molar refractivity (Wildman–Crippen MR) is 65.6 cm³/mol. The molecule has 0 fully saturated rings. The molecule has 0 aromatic heterocycles. The molecule has 0 aromatic carbocycles. The first kappa shape index (κ1) is 13.4. The highest BCUT2D eigenvalue weighted by Gasteiger charge is 1.95. The maximum Gasteiger partial charge on any atom is 0.0202 e. The molecule has 0 heterocycles. The van der Waals surface area contributed by atoms with Gasteiger partial charge in [-0.3, -0.25) is 0 Å². The maximum atomic E-state index is 3.44. The van der Waals surface area contributed by atoms with E-state index in [0.717, 1.165) is 13.1 Å². The number of hydrogen-bond acceptors (Lipinski definition) is 1. The number of hydrogen-bond donors (Lipinski definition) is 1. The van der Waals surface area contributed by atoms with E-state index in [0.29, 0.717) is 0 Å². The average Bonchev–Trinajstić information content (AvgIpc) is 2.29. The Kier molecular flexibility index (Phi) is 10.1. The maximum absolute atomic E-state index is 3.44. The Balaban J connectivity index is 0.000000791. The molecule has 0 saturated carbocycles. The van der Waals surface area contributed by atoms with Gasteiger partial charge in [-0.05, 0) is 31.4 Å². The van der Waals surface area contributed by atoms with Crippen molar-refractivity contribution in [3.8, 4) is 0 Å². The van der Waals surface area contributed by atoms with Crippen molar-refractivity contribution in [3.63, 3.8) is 0 Å². The van der Waals surface area contributed by atoms with Gasteiger partial charge < -0.3 is 5.32 Å². The lowest BCUT2D eigenvalue weighted by atomic mass is 10.1. The molecule has 14 heavy (non-hydrogen) atoms. The molecule has 1 nitrogen and oxygen atoms in total. The fraction of sp³-hybridized carbons (Fsp3) is 0.692. The normalized spacial score (nSPS) is 14.4. The second-order valence-electron chi connectivity index (χ2n) is 3.29. The highest BCUT2D eigenvalue weighted by molar-refractivity contribution is 5.23. The quantitative estimate of drug-likeness (QED) is 0.660. The van der Waals surface area contributed by atoms with E-state index in [4.69, 9.17) is 0 Å². The molecule has 0 bridgehead atoms. The van der Waals surface area contributed by atoms with Gasteiger partial charge in [0.1, 0.15) is 0 Å². The van der Waals surface area contributed by atoms with Crippen LogP contribution in [0.5, 0.6) is 0 Å². The average molecular weight is 195 g/mol. The van der Waals surface area contributed by atoms with Gasteiger partial charge in [0.25, 0.3) is 0 Å². The number of unbranched alkanes of at least 4 members (excludes halogenated alkanes) is 1. The van der Waals surface area contributed by atoms with Crippen molar-refractivity contribution in [1.29, 1.82) is 0 Å². The monoisotopic (exact) mass is 195 g/mol. The summed E-state index contributed by atoms with van der Waals surface area (Å²) >= 11 is 0. The first-order chi connectivity index (χ1) is 6.93. The van der Waals surface area contributed by atoms with Crippen LogP contribution in [0.1, 0.15) is 46.5 Å². The van der Waals surface area contributed by atoms with Gasteiger partial charge >= 0.3 is 0 Å². The summed E-state index contributed by atoms with van der Waals surface area (Å²) in [4.78, 5) is 0. The molecule has 1 N–H and O–H groups in total. The molecule has 0 saturated heterocycles. The van der Waals surface area contributed by atoms with Crippen molar-refractivity contribution in [3.05, 3.63) is 23.8 Å². The smallest absolute Gasteiger partial charge is 0.0202 e. The highest BCUT2D eigenvalue weighted by Crippen LogP contribution is 2.07. The number of rotatable bonds is 5. The van der Waals surface area contributed by atoms with E-state index in [1.807, 2.05) is 13.8 Å². The zero-order valence-electron chi connectivity index (χ0n) is 9.97. The third kappa shape index (κ3) is 6.90. The zero-order valence-corrected chi connectivity index (χ0v) is 9.97. The minimum absolute atomic E-state index is 1.05. The lowest BCUT2D eigenvalue weighted by molar-refractivity contribution is 0.673. The first-order valence-corrected chi connectivity index (χ1v) is 5.99. The van der Waals surface area contributed by atoms with Crippen LogP contribution in [0, 0.1) is 0 Å². The molecule has 0 amide bonds. The second kappa shape index (κ2) is 10.5. The summed E-state index contributed by atoms with van der Waals surface area (Å²) in [5, 5.41) is 3.44. The van der Waals surface area contributed by atoms with Crippen LogP contribution in [0.4, 0.5) is 0 Å². The number of allylic oxidation sites excluding steroid dienone is 2.